The van der Waals surface area contributed by atoms with Crippen molar-refractivity contribution in [3.8, 4) is 23.3 Å². The van der Waals surface area contributed by atoms with E-state index >= 15 is 0 Å². The van der Waals surface area contributed by atoms with E-state index in [4.69, 9.17) is 20.6 Å². The average molecular weight is 248 g/mol. The van der Waals surface area contributed by atoms with E-state index in [1.54, 1.807) is 36.4 Å². The lowest BCUT2D eigenvalue weighted by atomic mass is 9.79. The second-order valence-corrected chi connectivity index (χ2v) is 4.02. The van der Waals surface area contributed by atoms with Crippen LogP contribution < -0.4 is 5.46 Å². The van der Waals surface area contributed by atoms with Crippen LogP contribution in [0, 0.1) is 22.7 Å². The van der Waals surface area contributed by atoms with Gasteiger partial charge in [0.1, 0.15) is 0 Å². The Kier molecular flexibility index (Phi) is 3.63. The van der Waals surface area contributed by atoms with Crippen LogP contribution in [0.4, 0.5) is 0 Å². The second kappa shape index (κ2) is 5.37. The number of rotatable bonds is 2. The molecule has 0 radical (unpaired) electrons. The Balaban J connectivity index is 2.56. The van der Waals surface area contributed by atoms with Crippen LogP contribution in [0.25, 0.3) is 11.1 Å². The fourth-order valence-corrected chi connectivity index (χ4v) is 1.80. The van der Waals surface area contributed by atoms with Crippen molar-refractivity contribution in [3.05, 3.63) is 53.6 Å². The first-order valence-corrected chi connectivity index (χ1v) is 5.56. The Morgan fingerprint density at radius 3 is 2.00 bits per heavy atom. The minimum Gasteiger partial charge on any atom is -0.423 e. The SMILES string of the molecule is N#Cc1cc(C#N)cc(-c2cccc(B(O)O)c2)c1. The molecule has 0 aromatic heterocycles. The zero-order valence-electron chi connectivity index (χ0n) is 9.91. The van der Waals surface area contributed by atoms with Crippen molar-refractivity contribution in [1.82, 2.24) is 0 Å². The zero-order valence-corrected chi connectivity index (χ0v) is 9.91. The van der Waals surface area contributed by atoms with Crippen LogP contribution in [-0.4, -0.2) is 17.2 Å². The van der Waals surface area contributed by atoms with Gasteiger partial charge < -0.3 is 10.0 Å². The summed E-state index contributed by atoms with van der Waals surface area (Å²) in [5.74, 6) is 0. The molecule has 0 bridgehead atoms. The molecule has 0 saturated heterocycles. The molecule has 5 heteroatoms. The van der Waals surface area contributed by atoms with Crippen LogP contribution in [0.5, 0.6) is 0 Å². The molecule has 0 atom stereocenters. The van der Waals surface area contributed by atoms with E-state index in [0.717, 1.165) is 5.56 Å². The summed E-state index contributed by atoms with van der Waals surface area (Å²) in [6, 6.07) is 15.5. The fourth-order valence-electron chi connectivity index (χ4n) is 1.80. The van der Waals surface area contributed by atoms with Gasteiger partial charge in [0.05, 0.1) is 23.3 Å². The molecule has 0 aliphatic heterocycles. The summed E-state index contributed by atoms with van der Waals surface area (Å²) in [6.07, 6.45) is 0. The molecule has 2 aromatic carbocycles. The smallest absolute Gasteiger partial charge is 0.423 e. The molecular formula is C14H9BN2O2. The van der Waals surface area contributed by atoms with Gasteiger partial charge in [-0.25, -0.2) is 0 Å². The second-order valence-electron chi connectivity index (χ2n) is 4.02. The molecule has 0 aliphatic rings. The van der Waals surface area contributed by atoms with Crippen molar-refractivity contribution in [1.29, 1.82) is 10.5 Å². The van der Waals surface area contributed by atoms with E-state index < -0.39 is 7.12 Å². The Hall–Kier alpha value is -2.60. The Bertz CT molecular complexity index is 667. The third-order valence-electron chi connectivity index (χ3n) is 2.71. The van der Waals surface area contributed by atoms with Crippen molar-refractivity contribution in [2.75, 3.05) is 0 Å². The topological polar surface area (TPSA) is 88.0 Å². The van der Waals surface area contributed by atoms with Crippen molar-refractivity contribution < 1.29 is 10.0 Å². The van der Waals surface area contributed by atoms with Gasteiger partial charge in [0.2, 0.25) is 0 Å². The maximum atomic E-state index is 9.15. The largest absolute Gasteiger partial charge is 0.488 e. The summed E-state index contributed by atoms with van der Waals surface area (Å²) < 4.78 is 0. The van der Waals surface area contributed by atoms with Crippen LogP contribution in [0.2, 0.25) is 0 Å². The fraction of sp³-hybridized carbons (Fsp3) is 0. The van der Waals surface area contributed by atoms with Crippen LogP contribution in [0.1, 0.15) is 11.1 Å². The van der Waals surface area contributed by atoms with Gasteiger partial charge in [-0.1, -0.05) is 24.3 Å². The molecule has 0 amide bonds. The Morgan fingerprint density at radius 2 is 1.47 bits per heavy atom. The highest BCUT2D eigenvalue weighted by Crippen LogP contribution is 2.21. The monoisotopic (exact) mass is 248 g/mol. The van der Waals surface area contributed by atoms with Crippen LogP contribution in [0.3, 0.4) is 0 Å². The molecule has 0 saturated carbocycles. The molecular weight excluding hydrogens is 239 g/mol. The highest BCUT2D eigenvalue weighted by atomic mass is 16.4. The number of hydrogen-bond donors (Lipinski definition) is 2. The molecule has 0 fully saturated rings. The highest BCUT2D eigenvalue weighted by Gasteiger charge is 2.11. The molecule has 2 N–H and O–H groups in total. The van der Waals surface area contributed by atoms with Gasteiger partial charge in [0.25, 0.3) is 0 Å². The van der Waals surface area contributed by atoms with Gasteiger partial charge in [-0.05, 0) is 34.8 Å². The third kappa shape index (κ3) is 2.81. The summed E-state index contributed by atoms with van der Waals surface area (Å²) in [5.41, 5.74) is 2.56. The summed E-state index contributed by atoms with van der Waals surface area (Å²) in [6.45, 7) is 0. The molecule has 4 nitrogen and oxygen atoms in total. The quantitative estimate of drug-likeness (QED) is 0.768. The maximum absolute atomic E-state index is 9.15. The van der Waals surface area contributed by atoms with Gasteiger partial charge in [0, 0.05) is 0 Å². The molecule has 19 heavy (non-hydrogen) atoms. The lowest BCUT2D eigenvalue weighted by Gasteiger charge is -2.06. The van der Waals surface area contributed by atoms with E-state index in [-0.39, 0.29) is 0 Å². The molecule has 0 unspecified atom stereocenters. The van der Waals surface area contributed by atoms with Crippen molar-refractivity contribution >= 4 is 12.6 Å². The predicted octanol–water partition coefficient (Wildman–Crippen LogP) is 0.777. The van der Waals surface area contributed by atoms with E-state index in [1.165, 1.54) is 6.07 Å². The van der Waals surface area contributed by atoms with Crippen LogP contribution >= 0.6 is 0 Å². The lowest BCUT2D eigenvalue weighted by Crippen LogP contribution is -2.29. The van der Waals surface area contributed by atoms with E-state index in [2.05, 4.69) is 0 Å². The van der Waals surface area contributed by atoms with Crippen molar-refractivity contribution in [2.24, 2.45) is 0 Å². The Morgan fingerprint density at radius 1 is 0.842 bits per heavy atom. The third-order valence-corrected chi connectivity index (χ3v) is 2.71. The minimum atomic E-state index is -1.55. The molecule has 2 aromatic rings. The summed E-state index contributed by atoms with van der Waals surface area (Å²) >= 11 is 0. The van der Waals surface area contributed by atoms with Gasteiger partial charge in [0.15, 0.2) is 0 Å². The standard InChI is InChI=1S/C14H9BN2O2/c16-8-10-4-11(9-17)6-13(5-10)12-2-1-3-14(7-12)15(18)19/h1-7,18-19H. The molecule has 0 spiro atoms. The van der Waals surface area contributed by atoms with Crippen molar-refractivity contribution in [2.45, 2.75) is 0 Å². The number of hydrogen-bond acceptors (Lipinski definition) is 4. The van der Waals surface area contributed by atoms with Gasteiger partial charge >= 0.3 is 7.12 Å². The first kappa shape index (κ1) is 12.9. The normalized spacial score (nSPS) is 9.47. The first-order valence-electron chi connectivity index (χ1n) is 5.56. The number of nitriles is 2. The van der Waals surface area contributed by atoms with Gasteiger partial charge in [-0.15, -0.1) is 0 Å². The summed E-state index contributed by atoms with van der Waals surface area (Å²) in [7, 11) is -1.55. The zero-order chi connectivity index (χ0) is 13.8. The van der Waals surface area contributed by atoms with Crippen LogP contribution in [-0.2, 0) is 0 Å². The summed E-state index contributed by atoms with van der Waals surface area (Å²) in [4.78, 5) is 0. The predicted molar refractivity (Wildman–Crippen MR) is 71.1 cm³/mol. The number of benzene rings is 2. The molecule has 2 rings (SSSR count). The highest BCUT2D eigenvalue weighted by molar-refractivity contribution is 6.58. The van der Waals surface area contributed by atoms with E-state index in [9.17, 15) is 0 Å². The lowest BCUT2D eigenvalue weighted by molar-refractivity contribution is 0.426. The van der Waals surface area contributed by atoms with Crippen LogP contribution in [0.15, 0.2) is 42.5 Å². The van der Waals surface area contributed by atoms with E-state index in [1.807, 2.05) is 12.1 Å². The molecule has 90 valence electrons. The molecule has 0 aliphatic carbocycles. The maximum Gasteiger partial charge on any atom is 0.488 e. The molecule has 0 heterocycles. The summed E-state index contributed by atoms with van der Waals surface area (Å²) in [5, 5.41) is 36.2. The number of nitrogens with zero attached hydrogens (tertiary/aromatic N) is 2. The van der Waals surface area contributed by atoms with Crippen molar-refractivity contribution in [3.63, 3.8) is 0 Å². The van der Waals surface area contributed by atoms with Gasteiger partial charge in [-0.2, -0.15) is 10.5 Å². The van der Waals surface area contributed by atoms with E-state index in [0.29, 0.717) is 22.2 Å². The van der Waals surface area contributed by atoms with Gasteiger partial charge in [-0.3, -0.25) is 0 Å². The minimum absolute atomic E-state index is 0.360. The average Bonchev–Trinajstić information content (AvgIpc) is 2.46. The first-order chi connectivity index (χ1) is 9.13. The Labute approximate surface area is 110 Å².